The van der Waals surface area contributed by atoms with Crippen LogP contribution in [0.4, 0.5) is 0 Å². The molecule has 1 spiro atoms. The van der Waals surface area contributed by atoms with E-state index in [0.29, 0.717) is 19.1 Å². The van der Waals surface area contributed by atoms with E-state index in [9.17, 15) is 0 Å². The molecule has 3 fully saturated rings. The maximum absolute atomic E-state index is 6.04. The molecule has 116 valence electrons. The number of ether oxygens (including phenoxy) is 2. The Morgan fingerprint density at radius 3 is 2.70 bits per heavy atom. The Morgan fingerprint density at radius 1 is 1.30 bits per heavy atom. The molecule has 2 N–H and O–H groups in total. The molecule has 1 saturated carbocycles. The van der Waals surface area contributed by atoms with Crippen molar-refractivity contribution in [2.24, 2.45) is 10.7 Å². The zero-order valence-corrected chi connectivity index (χ0v) is 14.9. The van der Waals surface area contributed by atoms with Gasteiger partial charge in [0.25, 0.3) is 0 Å². The molecule has 0 aromatic rings. The first-order chi connectivity index (χ1) is 9.27. The quantitative estimate of drug-likeness (QED) is 0.424. The Labute approximate surface area is 142 Å². The molecule has 1 aliphatic carbocycles. The standard InChI is InChI=1S/C13H23N3O2S.HI/c14-12(16-5-7-19-8-6-16)15-9-11-10-17-13(18-11)3-1-2-4-13;/h11H,1-10H2,(H2,14,15);1H. The van der Waals surface area contributed by atoms with Gasteiger partial charge in [-0.25, -0.2) is 0 Å². The zero-order chi connectivity index (χ0) is 13.1. The molecule has 2 aliphatic heterocycles. The molecule has 3 rings (SSSR count). The molecule has 0 radical (unpaired) electrons. The highest BCUT2D eigenvalue weighted by atomic mass is 127. The summed E-state index contributed by atoms with van der Waals surface area (Å²) < 4.78 is 11.9. The summed E-state index contributed by atoms with van der Waals surface area (Å²) in [5.74, 6) is 2.66. The minimum Gasteiger partial charge on any atom is -0.370 e. The largest absolute Gasteiger partial charge is 0.370 e. The van der Waals surface area contributed by atoms with E-state index in [0.717, 1.165) is 37.4 Å². The Hall–Kier alpha value is 0.270. The molecule has 2 heterocycles. The number of hydrogen-bond acceptors (Lipinski definition) is 4. The van der Waals surface area contributed by atoms with E-state index in [-0.39, 0.29) is 35.9 Å². The first kappa shape index (κ1) is 16.6. The highest BCUT2D eigenvalue weighted by molar-refractivity contribution is 14.0. The second kappa shape index (κ2) is 7.51. The summed E-state index contributed by atoms with van der Waals surface area (Å²) in [4.78, 5) is 6.65. The third-order valence-corrected chi connectivity index (χ3v) is 5.01. The minimum absolute atomic E-state index is 0. The van der Waals surface area contributed by atoms with E-state index < -0.39 is 0 Å². The number of aliphatic imine (C=N–C) groups is 1. The molecule has 2 saturated heterocycles. The molecule has 3 aliphatic rings. The maximum atomic E-state index is 6.04. The number of hydrogen-bond donors (Lipinski definition) is 1. The summed E-state index contributed by atoms with van der Waals surface area (Å²) in [6, 6.07) is 0. The number of nitrogens with two attached hydrogens (primary N) is 1. The van der Waals surface area contributed by atoms with E-state index in [1.54, 1.807) is 0 Å². The molecular weight excluding hydrogens is 389 g/mol. The number of rotatable bonds is 2. The molecule has 7 heteroatoms. The zero-order valence-electron chi connectivity index (χ0n) is 11.8. The van der Waals surface area contributed by atoms with Crippen LogP contribution < -0.4 is 5.73 Å². The van der Waals surface area contributed by atoms with Crippen molar-refractivity contribution in [2.45, 2.75) is 37.6 Å². The van der Waals surface area contributed by atoms with E-state index in [4.69, 9.17) is 15.2 Å². The fraction of sp³-hybridized carbons (Fsp3) is 0.923. The Kier molecular flexibility index (Phi) is 6.25. The normalized spacial score (nSPS) is 29.7. The van der Waals surface area contributed by atoms with Crippen LogP contribution in [0.25, 0.3) is 0 Å². The van der Waals surface area contributed by atoms with Crippen molar-refractivity contribution in [2.75, 3.05) is 37.7 Å². The van der Waals surface area contributed by atoms with Crippen molar-refractivity contribution in [3.05, 3.63) is 0 Å². The first-order valence-corrected chi connectivity index (χ1v) is 8.37. The average molecular weight is 413 g/mol. The van der Waals surface area contributed by atoms with Crippen molar-refractivity contribution in [3.63, 3.8) is 0 Å². The van der Waals surface area contributed by atoms with Crippen LogP contribution in [0.1, 0.15) is 25.7 Å². The Balaban J connectivity index is 0.00000147. The molecule has 0 amide bonds. The lowest BCUT2D eigenvalue weighted by molar-refractivity contribution is -0.160. The smallest absolute Gasteiger partial charge is 0.191 e. The predicted octanol–water partition coefficient (Wildman–Crippen LogP) is 1.65. The van der Waals surface area contributed by atoms with Gasteiger partial charge in [0.15, 0.2) is 11.7 Å². The van der Waals surface area contributed by atoms with Gasteiger partial charge in [-0.2, -0.15) is 11.8 Å². The molecule has 1 unspecified atom stereocenters. The summed E-state index contributed by atoms with van der Waals surface area (Å²) in [5.41, 5.74) is 6.04. The number of halogens is 1. The molecule has 5 nitrogen and oxygen atoms in total. The monoisotopic (exact) mass is 413 g/mol. The average Bonchev–Trinajstić information content (AvgIpc) is 3.08. The Morgan fingerprint density at radius 2 is 2.00 bits per heavy atom. The van der Waals surface area contributed by atoms with Crippen LogP contribution in [0.3, 0.4) is 0 Å². The fourth-order valence-electron chi connectivity index (χ4n) is 2.97. The second-order valence-corrected chi connectivity index (χ2v) is 6.69. The molecule has 20 heavy (non-hydrogen) atoms. The van der Waals surface area contributed by atoms with Gasteiger partial charge in [-0.05, 0) is 12.8 Å². The predicted molar refractivity (Wildman–Crippen MR) is 92.8 cm³/mol. The lowest BCUT2D eigenvalue weighted by Crippen LogP contribution is -2.43. The molecule has 0 aromatic carbocycles. The summed E-state index contributed by atoms with van der Waals surface area (Å²) in [6.45, 7) is 3.29. The first-order valence-electron chi connectivity index (χ1n) is 7.22. The van der Waals surface area contributed by atoms with Crippen molar-refractivity contribution < 1.29 is 9.47 Å². The van der Waals surface area contributed by atoms with Crippen LogP contribution in [0, 0.1) is 0 Å². The van der Waals surface area contributed by atoms with Gasteiger partial charge in [-0.1, -0.05) is 0 Å². The molecule has 1 atom stereocenters. The lowest BCUT2D eigenvalue weighted by atomic mass is 10.2. The topological polar surface area (TPSA) is 60.1 Å². The van der Waals surface area contributed by atoms with E-state index in [1.165, 1.54) is 12.8 Å². The van der Waals surface area contributed by atoms with Gasteiger partial charge in [0.2, 0.25) is 0 Å². The number of nitrogens with zero attached hydrogens (tertiary/aromatic N) is 2. The van der Waals surface area contributed by atoms with Gasteiger partial charge in [0, 0.05) is 37.4 Å². The number of thioether (sulfide) groups is 1. The maximum Gasteiger partial charge on any atom is 0.191 e. The van der Waals surface area contributed by atoms with E-state index >= 15 is 0 Å². The van der Waals surface area contributed by atoms with Crippen LogP contribution in [0.15, 0.2) is 4.99 Å². The van der Waals surface area contributed by atoms with Crippen molar-refractivity contribution in [1.29, 1.82) is 0 Å². The van der Waals surface area contributed by atoms with Crippen LogP contribution in [0.5, 0.6) is 0 Å². The van der Waals surface area contributed by atoms with Crippen LogP contribution in [0.2, 0.25) is 0 Å². The summed E-state index contributed by atoms with van der Waals surface area (Å²) >= 11 is 1.98. The fourth-order valence-corrected chi connectivity index (χ4v) is 3.87. The van der Waals surface area contributed by atoms with E-state index in [1.807, 2.05) is 11.8 Å². The van der Waals surface area contributed by atoms with Gasteiger partial charge in [-0.3, -0.25) is 4.99 Å². The highest BCUT2D eigenvalue weighted by Gasteiger charge is 2.43. The highest BCUT2D eigenvalue weighted by Crippen LogP contribution is 2.39. The minimum atomic E-state index is -0.281. The van der Waals surface area contributed by atoms with Crippen molar-refractivity contribution >= 4 is 41.7 Å². The van der Waals surface area contributed by atoms with E-state index in [2.05, 4.69) is 9.89 Å². The summed E-state index contributed by atoms with van der Waals surface area (Å²) in [5, 5.41) is 0. The van der Waals surface area contributed by atoms with Crippen molar-refractivity contribution in [1.82, 2.24) is 4.90 Å². The van der Waals surface area contributed by atoms with Crippen molar-refractivity contribution in [3.8, 4) is 0 Å². The van der Waals surface area contributed by atoms with Gasteiger partial charge >= 0.3 is 0 Å². The van der Waals surface area contributed by atoms with Gasteiger partial charge < -0.3 is 20.1 Å². The second-order valence-electron chi connectivity index (χ2n) is 5.47. The molecular formula is C13H24IN3O2S. The summed E-state index contributed by atoms with van der Waals surface area (Å²) in [7, 11) is 0. The van der Waals surface area contributed by atoms with Crippen LogP contribution >= 0.6 is 35.7 Å². The Bertz CT molecular complexity index is 345. The molecule has 0 bridgehead atoms. The van der Waals surface area contributed by atoms with Gasteiger partial charge in [0.1, 0.15) is 6.10 Å². The number of guanidine groups is 1. The third-order valence-electron chi connectivity index (χ3n) is 4.07. The SMILES string of the molecule is I.NC(=NCC1COC2(CCCC2)O1)N1CCSCC1. The van der Waals surface area contributed by atoms with Crippen LogP contribution in [-0.2, 0) is 9.47 Å². The van der Waals surface area contributed by atoms with Gasteiger partial charge in [0.05, 0.1) is 13.2 Å². The van der Waals surface area contributed by atoms with Gasteiger partial charge in [-0.15, -0.1) is 24.0 Å². The lowest BCUT2D eigenvalue weighted by Gasteiger charge is -2.27. The molecule has 0 aromatic heterocycles. The summed E-state index contributed by atoms with van der Waals surface area (Å²) in [6.07, 6.45) is 4.57. The van der Waals surface area contributed by atoms with Crippen LogP contribution in [-0.4, -0.2) is 60.5 Å². The third kappa shape index (κ3) is 3.92.